The SMILES string of the molecule is C[C@@H](N[C@H](C)c1cc2cc(Cl)ccc2o1)c1cnccn1. The van der Waals surface area contributed by atoms with E-state index in [0.717, 1.165) is 22.4 Å². The summed E-state index contributed by atoms with van der Waals surface area (Å²) < 4.78 is 5.86. The highest BCUT2D eigenvalue weighted by Gasteiger charge is 2.16. The number of hydrogen-bond acceptors (Lipinski definition) is 4. The molecule has 3 aromatic rings. The van der Waals surface area contributed by atoms with Crippen LogP contribution in [0.4, 0.5) is 0 Å². The Kier molecular flexibility index (Phi) is 3.90. The van der Waals surface area contributed by atoms with Crippen LogP contribution in [-0.4, -0.2) is 9.97 Å². The van der Waals surface area contributed by atoms with E-state index in [0.29, 0.717) is 5.02 Å². The predicted octanol–water partition coefficient (Wildman–Crippen LogP) is 4.29. The van der Waals surface area contributed by atoms with Crippen LogP contribution >= 0.6 is 11.6 Å². The first-order valence-electron chi connectivity index (χ1n) is 6.84. The Balaban J connectivity index is 1.79. The molecule has 2 heterocycles. The lowest BCUT2D eigenvalue weighted by Gasteiger charge is -2.17. The van der Waals surface area contributed by atoms with Crippen molar-refractivity contribution in [2.45, 2.75) is 25.9 Å². The number of halogens is 1. The fourth-order valence-corrected chi connectivity index (χ4v) is 2.51. The van der Waals surface area contributed by atoms with E-state index < -0.39 is 0 Å². The van der Waals surface area contributed by atoms with Crippen LogP contribution in [0.15, 0.2) is 47.3 Å². The maximum atomic E-state index is 6.00. The largest absolute Gasteiger partial charge is 0.459 e. The van der Waals surface area contributed by atoms with Gasteiger partial charge in [-0.15, -0.1) is 0 Å². The van der Waals surface area contributed by atoms with Crippen molar-refractivity contribution in [1.82, 2.24) is 15.3 Å². The highest BCUT2D eigenvalue weighted by molar-refractivity contribution is 6.31. The van der Waals surface area contributed by atoms with Crippen LogP contribution in [0.3, 0.4) is 0 Å². The van der Waals surface area contributed by atoms with E-state index in [1.165, 1.54) is 0 Å². The van der Waals surface area contributed by atoms with Crippen molar-refractivity contribution >= 4 is 22.6 Å². The molecule has 0 aliphatic rings. The van der Waals surface area contributed by atoms with Crippen molar-refractivity contribution in [2.75, 3.05) is 0 Å². The standard InChI is InChI=1S/C16H16ClN3O/c1-10(14-9-18-5-6-19-14)20-11(2)16-8-12-7-13(17)3-4-15(12)21-16/h3-11,20H,1-2H3/t10-,11-/m1/s1. The second-order valence-corrected chi connectivity index (χ2v) is 5.51. The van der Waals surface area contributed by atoms with Crippen LogP contribution in [0.25, 0.3) is 11.0 Å². The van der Waals surface area contributed by atoms with Gasteiger partial charge in [-0.25, -0.2) is 0 Å². The normalized spacial score (nSPS) is 14.2. The Hall–Kier alpha value is -1.91. The smallest absolute Gasteiger partial charge is 0.134 e. The van der Waals surface area contributed by atoms with Crippen molar-refractivity contribution in [3.63, 3.8) is 0 Å². The number of nitrogens with zero attached hydrogens (tertiary/aromatic N) is 2. The zero-order valence-electron chi connectivity index (χ0n) is 11.9. The summed E-state index contributed by atoms with van der Waals surface area (Å²) >= 11 is 6.00. The highest BCUT2D eigenvalue weighted by Crippen LogP contribution is 2.27. The fraction of sp³-hybridized carbons (Fsp3) is 0.250. The molecule has 0 saturated carbocycles. The van der Waals surface area contributed by atoms with Gasteiger partial charge < -0.3 is 4.42 Å². The van der Waals surface area contributed by atoms with Crippen LogP contribution in [-0.2, 0) is 0 Å². The number of rotatable bonds is 4. The van der Waals surface area contributed by atoms with Crippen molar-refractivity contribution in [1.29, 1.82) is 0 Å². The third-order valence-corrected chi connectivity index (χ3v) is 3.69. The second-order valence-electron chi connectivity index (χ2n) is 5.07. The lowest BCUT2D eigenvalue weighted by Crippen LogP contribution is -2.22. The zero-order valence-corrected chi connectivity index (χ0v) is 12.6. The Morgan fingerprint density at radius 2 is 2.00 bits per heavy atom. The number of hydrogen-bond donors (Lipinski definition) is 1. The van der Waals surface area contributed by atoms with Gasteiger partial charge in [-0.3, -0.25) is 15.3 Å². The van der Waals surface area contributed by atoms with Gasteiger partial charge in [0.05, 0.1) is 11.7 Å². The van der Waals surface area contributed by atoms with Gasteiger partial charge in [0.2, 0.25) is 0 Å². The number of benzene rings is 1. The molecule has 1 aromatic carbocycles. The summed E-state index contributed by atoms with van der Waals surface area (Å²) in [6, 6.07) is 7.79. The van der Waals surface area contributed by atoms with Gasteiger partial charge in [-0.1, -0.05) is 11.6 Å². The van der Waals surface area contributed by atoms with E-state index in [2.05, 4.69) is 29.1 Å². The summed E-state index contributed by atoms with van der Waals surface area (Å²) in [4.78, 5) is 8.40. The molecule has 0 aliphatic heterocycles. The van der Waals surface area contributed by atoms with E-state index in [1.54, 1.807) is 18.6 Å². The Labute approximate surface area is 128 Å². The number of fused-ring (bicyclic) bond motifs is 1. The molecule has 21 heavy (non-hydrogen) atoms. The minimum atomic E-state index is 0.0631. The number of nitrogens with one attached hydrogen (secondary N) is 1. The van der Waals surface area contributed by atoms with E-state index in [4.69, 9.17) is 16.0 Å². The molecular formula is C16H16ClN3O. The molecule has 1 N–H and O–H groups in total. The zero-order chi connectivity index (χ0) is 14.8. The summed E-state index contributed by atoms with van der Waals surface area (Å²) in [5.41, 5.74) is 1.75. The van der Waals surface area contributed by atoms with E-state index in [-0.39, 0.29) is 12.1 Å². The average molecular weight is 302 g/mol. The maximum Gasteiger partial charge on any atom is 0.134 e. The van der Waals surface area contributed by atoms with Crippen LogP contribution < -0.4 is 5.32 Å². The molecule has 2 aromatic heterocycles. The van der Waals surface area contributed by atoms with Gasteiger partial charge in [0.15, 0.2) is 0 Å². The van der Waals surface area contributed by atoms with E-state index in [1.807, 2.05) is 24.3 Å². The molecule has 2 atom stereocenters. The fourth-order valence-electron chi connectivity index (χ4n) is 2.32. The summed E-state index contributed by atoms with van der Waals surface area (Å²) in [5.74, 6) is 0.878. The lowest BCUT2D eigenvalue weighted by molar-refractivity contribution is 0.413. The minimum Gasteiger partial charge on any atom is -0.459 e. The molecule has 0 bridgehead atoms. The van der Waals surface area contributed by atoms with Gasteiger partial charge in [0.1, 0.15) is 11.3 Å². The van der Waals surface area contributed by atoms with Crippen LogP contribution in [0.5, 0.6) is 0 Å². The van der Waals surface area contributed by atoms with Crippen molar-refractivity contribution in [3.05, 3.63) is 59.3 Å². The summed E-state index contributed by atoms with van der Waals surface area (Å²) in [5, 5.41) is 5.18. The third kappa shape index (κ3) is 3.06. The average Bonchev–Trinajstić information content (AvgIpc) is 2.91. The van der Waals surface area contributed by atoms with E-state index in [9.17, 15) is 0 Å². The van der Waals surface area contributed by atoms with Crippen molar-refractivity contribution in [2.24, 2.45) is 0 Å². The number of furan rings is 1. The topological polar surface area (TPSA) is 51.0 Å². The van der Waals surface area contributed by atoms with Crippen molar-refractivity contribution < 1.29 is 4.42 Å². The van der Waals surface area contributed by atoms with Crippen molar-refractivity contribution in [3.8, 4) is 0 Å². The van der Waals surface area contributed by atoms with Gasteiger partial charge in [0, 0.05) is 35.0 Å². The molecule has 108 valence electrons. The molecule has 0 spiro atoms. The Bertz CT molecular complexity index is 742. The molecule has 0 saturated heterocycles. The molecular weight excluding hydrogens is 286 g/mol. The minimum absolute atomic E-state index is 0.0631. The summed E-state index contributed by atoms with van der Waals surface area (Å²) in [6.45, 7) is 4.12. The first-order chi connectivity index (χ1) is 10.1. The molecule has 0 radical (unpaired) electrons. The summed E-state index contributed by atoms with van der Waals surface area (Å²) in [6.07, 6.45) is 5.13. The first kappa shape index (κ1) is 14.0. The highest BCUT2D eigenvalue weighted by atomic mass is 35.5. The molecule has 4 nitrogen and oxygen atoms in total. The van der Waals surface area contributed by atoms with Gasteiger partial charge in [-0.2, -0.15) is 0 Å². The second kappa shape index (κ2) is 5.84. The van der Waals surface area contributed by atoms with Gasteiger partial charge in [-0.05, 0) is 38.1 Å². The molecule has 0 fully saturated rings. The van der Waals surface area contributed by atoms with Crippen LogP contribution in [0, 0.1) is 0 Å². The third-order valence-electron chi connectivity index (χ3n) is 3.45. The first-order valence-corrected chi connectivity index (χ1v) is 7.22. The molecule has 0 aliphatic carbocycles. The molecule has 0 amide bonds. The Morgan fingerprint density at radius 1 is 1.14 bits per heavy atom. The predicted molar refractivity (Wildman–Crippen MR) is 83.2 cm³/mol. The maximum absolute atomic E-state index is 6.00. The summed E-state index contributed by atoms with van der Waals surface area (Å²) in [7, 11) is 0. The molecule has 3 rings (SSSR count). The van der Waals surface area contributed by atoms with Gasteiger partial charge >= 0.3 is 0 Å². The molecule has 0 unspecified atom stereocenters. The van der Waals surface area contributed by atoms with Crippen LogP contribution in [0.2, 0.25) is 5.02 Å². The number of aromatic nitrogens is 2. The molecule has 5 heteroatoms. The Morgan fingerprint density at radius 3 is 2.76 bits per heavy atom. The monoisotopic (exact) mass is 301 g/mol. The quantitative estimate of drug-likeness (QED) is 0.781. The lowest BCUT2D eigenvalue weighted by atomic mass is 10.1. The van der Waals surface area contributed by atoms with E-state index >= 15 is 0 Å². The van der Waals surface area contributed by atoms with Crippen LogP contribution in [0.1, 0.15) is 37.4 Å². The van der Waals surface area contributed by atoms with Gasteiger partial charge in [0.25, 0.3) is 0 Å².